The Kier molecular flexibility index (Phi) is 4.00. The average Bonchev–Trinajstić information content (AvgIpc) is 2.30. The van der Waals surface area contributed by atoms with Crippen molar-refractivity contribution in [2.75, 3.05) is 0 Å². The molecule has 0 fully saturated rings. The van der Waals surface area contributed by atoms with E-state index in [9.17, 15) is 36.2 Å². The Balaban J connectivity index is 3.31. The van der Waals surface area contributed by atoms with Crippen LogP contribution in [-0.4, -0.2) is 12.2 Å². The summed E-state index contributed by atoms with van der Waals surface area (Å²) >= 11 is 0. The molecule has 0 aliphatic heterocycles. The van der Waals surface area contributed by atoms with Crippen LogP contribution in [0.15, 0.2) is 12.1 Å². The number of hydrogen-bond donors (Lipinski definition) is 0. The third-order valence-corrected chi connectivity index (χ3v) is 1.86. The highest BCUT2D eigenvalue weighted by Crippen LogP contribution is 2.22. The van der Waals surface area contributed by atoms with Gasteiger partial charge < -0.3 is 5.11 Å². The molecule has 0 radical (unpaired) electrons. The van der Waals surface area contributed by atoms with Crippen molar-refractivity contribution in [1.82, 2.24) is 0 Å². The Labute approximate surface area is 96.2 Å². The van der Waals surface area contributed by atoms with Crippen molar-refractivity contribution < 1.29 is 36.2 Å². The van der Waals surface area contributed by atoms with E-state index in [0.29, 0.717) is 0 Å². The van der Waals surface area contributed by atoms with Crippen LogP contribution in [0, 0.1) is 23.3 Å². The SMILES string of the molecule is O=C(/C=C(\[O-])c1cc(F)c(F)c(F)c1F)C(F)F. The maximum Gasteiger partial charge on any atom is 0.299 e. The molecule has 98 valence electrons. The molecule has 1 aromatic carbocycles. The maximum atomic E-state index is 13.0. The lowest BCUT2D eigenvalue weighted by Crippen LogP contribution is -2.13. The van der Waals surface area contributed by atoms with Crippen molar-refractivity contribution in [2.45, 2.75) is 6.43 Å². The summed E-state index contributed by atoms with van der Waals surface area (Å²) in [5.74, 6) is -12.0. The maximum absolute atomic E-state index is 13.0. The van der Waals surface area contributed by atoms with Crippen molar-refractivity contribution in [3.63, 3.8) is 0 Å². The van der Waals surface area contributed by atoms with E-state index in [2.05, 4.69) is 0 Å². The van der Waals surface area contributed by atoms with Gasteiger partial charge in [0, 0.05) is 5.56 Å². The lowest BCUT2D eigenvalue weighted by Gasteiger charge is -2.13. The standard InChI is InChI=1S/C10H4F6O2/c11-4-1-3(7(12)9(14)8(4)13)5(17)2-6(18)10(15)16/h1-2,10,17H/p-1/b5-2-. The van der Waals surface area contributed by atoms with Crippen molar-refractivity contribution in [3.05, 3.63) is 41.0 Å². The van der Waals surface area contributed by atoms with E-state index in [1.54, 1.807) is 0 Å². The second-order valence-electron chi connectivity index (χ2n) is 3.06. The minimum atomic E-state index is -3.52. The molecule has 0 saturated heterocycles. The largest absolute Gasteiger partial charge is 0.872 e. The third-order valence-electron chi connectivity index (χ3n) is 1.86. The van der Waals surface area contributed by atoms with Gasteiger partial charge in [-0.15, -0.1) is 0 Å². The highest BCUT2D eigenvalue weighted by Gasteiger charge is 2.19. The topological polar surface area (TPSA) is 40.1 Å². The van der Waals surface area contributed by atoms with Gasteiger partial charge in [0.1, 0.15) is 0 Å². The van der Waals surface area contributed by atoms with E-state index in [4.69, 9.17) is 0 Å². The molecule has 0 aliphatic rings. The predicted octanol–water partition coefficient (Wildman–Crippen LogP) is 1.78. The number of hydrogen-bond acceptors (Lipinski definition) is 2. The van der Waals surface area contributed by atoms with E-state index >= 15 is 0 Å². The first-order valence-corrected chi connectivity index (χ1v) is 4.29. The van der Waals surface area contributed by atoms with Gasteiger partial charge in [-0.05, 0) is 12.1 Å². The number of alkyl halides is 2. The first-order chi connectivity index (χ1) is 8.25. The lowest BCUT2D eigenvalue weighted by atomic mass is 10.1. The Morgan fingerprint density at radius 2 is 1.67 bits per heavy atom. The second-order valence-corrected chi connectivity index (χ2v) is 3.06. The Hall–Kier alpha value is -1.99. The zero-order chi connectivity index (χ0) is 14.0. The van der Waals surface area contributed by atoms with Crippen LogP contribution in [0.5, 0.6) is 0 Å². The minimum absolute atomic E-state index is 0.0225. The summed E-state index contributed by atoms with van der Waals surface area (Å²) in [4.78, 5) is 10.5. The van der Waals surface area contributed by atoms with Crippen molar-refractivity contribution in [3.8, 4) is 0 Å². The Bertz CT molecular complexity index is 524. The molecule has 0 aromatic heterocycles. The fraction of sp³-hybridized carbons (Fsp3) is 0.100. The van der Waals surface area contributed by atoms with Gasteiger partial charge >= 0.3 is 0 Å². The van der Waals surface area contributed by atoms with Crippen LogP contribution in [0.2, 0.25) is 0 Å². The van der Waals surface area contributed by atoms with Crippen LogP contribution in [0.25, 0.3) is 5.76 Å². The molecular weight excluding hydrogens is 266 g/mol. The van der Waals surface area contributed by atoms with Gasteiger partial charge in [0.2, 0.25) is 5.78 Å². The number of rotatable bonds is 3. The molecule has 0 bridgehead atoms. The van der Waals surface area contributed by atoms with Gasteiger partial charge in [0.25, 0.3) is 6.43 Å². The van der Waals surface area contributed by atoms with E-state index in [1.807, 2.05) is 0 Å². The summed E-state index contributed by atoms with van der Waals surface area (Å²) in [5.41, 5.74) is -1.35. The number of halogens is 6. The van der Waals surface area contributed by atoms with Gasteiger partial charge in [0.15, 0.2) is 23.3 Å². The molecule has 0 aliphatic carbocycles. The molecule has 0 unspecified atom stereocenters. The van der Waals surface area contributed by atoms with E-state index in [1.165, 1.54) is 0 Å². The Morgan fingerprint density at radius 3 is 2.17 bits per heavy atom. The average molecular weight is 269 g/mol. The van der Waals surface area contributed by atoms with Gasteiger partial charge in [0.05, 0.1) is 0 Å². The highest BCUT2D eigenvalue weighted by atomic mass is 19.3. The summed E-state index contributed by atoms with van der Waals surface area (Å²) in [6, 6.07) is -0.0225. The predicted molar refractivity (Wildman–Crippen MR) is 45.3 cm³/mol. The van der Waals surface area contributed by atoms with Crippen LogP contribution in [0.1, 0.15) is 5.56 Å². The number of carbonyl (C=O) groups is 1. The molecule has 8 heteroatoms. The van der Waals surface area contributed by atoms with E-state index < -0.39 is 46.8 Å². The van der Waals surface area contributed by atoms with Gasteiger partial charge in [-0.3, -0.25) is 4.79 Å². The summed E-state index contributed by atoms with van der Waals surface area (Å²) in [6.45, 7) is 0. The van der Waals surface area contributed by atoms with Crippen LogP contribution in [0.4, 0.5) is 26.3 Å². The molecule has 18 heavy (non-hydrogen) atoms. The summed E-state index contributed by atoms with van der Waals surface area (Å²) < 4.78 is 74.6. The van der Waals surface area contributed by atoms with Gasteiger partial charge in [-0.1, -0.05) is 5.76 Å². The molecule has 1 rings (SSSR count). The number of ketones is 1. The van der Waals surface area contributed by atoms with Crippen molar-refractivity contribution in [2.24, 2.45) is 0 Å². The highest BCUT2D eigenvalue weighted by molar-refractivity contribution is 5.97. The van der Waals surface area contributed by atoms with E-state index in [0.717, 1.165) is 0 Å². The molecule has 0 saturated carbocycles. The molecular formula is C10H3F6O2-. The number of benzene rings is 1. The second kappa shape index (κ2) is 5.11. The van der Waals surface area contributed by atoms with E-state index in [-0.39, 0.29) is 12.1 Å². The Morgan fingerprint density at radius 1 is 1.11 bits per heavy atom. The molecule has 0 heterocycles. The van der Waals surface area contributed by atoms with Crippen molar-refractivity contribution >= 4 is 11.5 Å². The first kappa shape index (κ1) is 14.1. The first-order valence-electron chi connectivity index (χ1n) is 4.29. The summed E-state index contributed by atoms with van der Waals surface area (Å²) in [6.07, 6.45) is -3.74. The smallest absolute Gasteiger partial charge is 0.299 e. The zero-order valence-electron chi connectivity index (χ0n) is 8.32. The minimum Gasteiger partial charge on any atom is -0.872 e. The third kappa shape index (κ3) is 2.63. The molecule has 0 amide bonds. The lowest BCUT2D eigenvalue weighted by molar-refractivity contribution is -0.244. The summed E-state index contributed by atoms with van der Waals surface area (Å²) in [5, 5.41) is 11.1. The molecule has 0 spiro atoms. The fourth-order valence-corrected chi connectivity index (χ4v) is 1.02. The zero-order valence-corrected chi connectivity index (χ0v) is 8.32. The number of allylic oxidation sites excluding steroid dienone is 1. The molecule has 0 atom stereocenters. The number of carbonyl (C=O) groups excluding carboxylic acids is 1. The van der Waals surface area contributed by atoms with Crippen molar-refractivity contribution in [1.29, 1.82) is 0 Å². The molecule has 0 N–H and O–H groups in total. The fourth-order valence-electron chi connectivity index (χ4n) is 1.02. The monoisotopic (exact) mass is 269 g/mol. The van der Waals surface area contributed by atoms with Crippen LogP contribution in [-0.2, 0) is 4.79 Å². The summed E-state index contributed by atoms with van der Waals surface area (Å²) in [7, 11) is 0. The molecule has 1 aromatic rings. The normalized spacial score (nSPS) is 12.1. The van der Waals surface area contributed by atoms with Crippen LogP contribution < -0.4 is 5.11 Å². The quantitative estimate of drug-likeness (QED) is 0.276. The van der Waals surface area contributed by atoms with Gasteiger partial charge in [-0.2, -0.15) is 0 Å². The molecule has 2 nitrogen and oxygen atoms in total. The van der Waals surface area contributed by atoms with Gasteiger partial charge in [-0.25, -0.2) is 26.3 Å². The van der Waals surface area contributed by atoms with Crippen LogP contribution in [0.3, 0.4) is 0 Å². The van der Waals surface area contributed by atoms with Crippen LogP contribution >= 0.6 is 0 Å².